The molecule has 1 heterocycles. The lowest BCUT2D eigenvalue weighted by atomic mass is 9.89. The molecule has 2 unspecified atom stereocenters. The Kier molecular flexibility index (Phi) is 8.55. The van der Waals surface area contributed by atoms with E-state index in [9.17, 15) is 4.79 Å². The van der Waals surface area contributed by atoms with Crippen LogP contribution in [0.5, 0.6) is 0 Å². The molecule has 6 heteroatoms. The Hall–Kier alpha value is -2.08. The van der Waals surface area contributed by atoms with E-state index >= 15 is 0 Å². The van der Waals surface area contributed by atoms with Crippen LogP contribution in [0.3, 0.4) is 0 Å². The number of benzene rings is 1. The van der Waals surface area contributed by atoms with Crippen molar-refractivity contribution in [2.45, 2.75) is 64.0 Å². The van der Waals surface area contributed by atoms with Gasteiger partial charge in [0.25, 0.3) is 0 Å². The maximum absolute atomic E-state index is 12.1. The predicted octanol–water partition coefficient (Wildman–Crippen LogP) is 3.42. The maximum atomic E-state index is 12.1. The lowest BCUT2D eigenvalue weighted by molar-refractivity contribution is -0.127. The lowest BCUT2D eigenvalue weighted by Crippen LogP contribution is -2.47. The van der Waals surface area contributed by atoms with Gasteiger partial charge < -0.3 is 20.3 Å². The van der Waals surface area contributed by atoms with Crippen molar-refractivity contribution < 1.29 is 9.53 Å². The molecule has 30 heavy (non-hydrogen) atoms. The molecular weight excluding hydrogens is 376 g/mol. The molecule has 1 aromatic rings. The topological polar surface area (TPSA) is 66.0 Å². The highest BCUT2D eigenvalue weighted by Crippen LogP contribution is 2.33. The number of ether oxygens (including phenoxy) is 1. The molecule has 0 aromatic heterocycles. The first-order chi connectivity index (χ1) is 14.5. The second-order valence-electron chi connectivity index (χ2n) is 8.92. The second kappa shape index (κ2) is 11.3. The molecule has 3 rings (SSSR count). The van der Waals surface area contributed by atoms with Gasteiger partial charge in [-0.15, -0.1) is 0 Å². The molecular formula is C24H38N4O2. The Balaban J connectivity index is 1.64. The number of amides is 1. The minimum Gasteiger partial charge on any atom is -0.373 e. The van der Waals surface area contributed by atoms with Crippen LogP contribution in [-0.4, -0.2) is 56.6 Å². The second-order valence-corrected chi connectivity index (χ2v) is 8.92. The molecule has 6 nitrogen and oxygen atoms in total. The molecule has 0 bridgehead atoms. The molecule has 1 saturated carbocycles. The maximum Gasteiger partial charge on any atom is 0.243 e. The molecule has 2 N–H and O–H groups in total. The zero-order valence-corrected chi connectivity index (χ0v) is 18.8. The molecule has 2 atom stereocenters. The monoisotopic (exact) mass is 414 g/mol. The summed E-state index contributed by atoms with van der Waals surface area (Å²) in [6, 6.07) is 9.12. The van der Waals surface area contributed by atoms with Gasteiger partial charge in [-0.05, 0) is 38.2 Å². The van der Waals surface area contributed by atoms with Crippen molar-refractivity contribution >= 4 is 11.9 Å². The number of carbonyl (C=O) groups is 1. The van der Waals surface area contributed by atoms with Crippen molar-refractivity contribution in [1.82, 2.24) is 15.5 Å². The molecule has 0 radical (unpaired) electrons. The summed E-state index contributed by atoms with van der Waals surface area (Å²) in [6.07, 6.45) is 8.47. The Morgan fingerprint density at radius 3 is 2.53 bits per heavy atom. The number of hydrogen-bond donors (Lipinski definition) is 2. The number of likely N-dealkylation sites (N-methyl/N-ethyl adjacent to an activating group) is 1. The molecule has 166 valence electrons. The highest BCUT2D eigenvalue weighted by atomic mass is 16.5. The molecule has 2 aliphatic rings. The minimum absolute atomic E-state index is 0.0123. The third kappa shape index (κ3) is 6.73. The zero-order valence-electron chi connectivity index (χ0n) is 18.8. The molecule has 1 amide bonds. The summed E-state index contributed by atoms with van der Waals surface area (Å²) >= 11 is 0. The summed E-state index contributed by atoms with van der Waals surface area (Å²) < 4.78 is 6.17. The molecule has 1 aliphatic heterocycles. The van der Waals surface area contributed by atoms with Crippen LogP contribution in [0.4, 0.5) is 0 Å². The van der Waals surface area contributed by atoms with E-state index in [-0.39, 0.29) is 18.6 Å². The van der Waals surface area contributed by atoms with Gasteiger partial charge in [-0.25, -0.2) is 4.99 Å². The highest BCUT2D eigenvalue weighted by molar-refractivity contribution is 5.84. The number of nitrogens with one attached hydrogen (secondary N) is 2. The van der Waals surface area contributed by atoms with Crippen molar-refractivity contribution in [2.24, 2.45) is 10.9 Å². The van der Waals surface area contributed by atoms with Crippen LogP contribution in [0, 0.1) is 12.8 Å². The molecule has 1 saturated heterocycles. The smallest absolute Gasteiger partial charge is 0.243 e. The van der Waals surface area contributed by atoms with E-state index in [0.29, 0.717) is 12.0 Å². The molecule has 1 aromatic carbocycles. The van der Waals surface area contributed by atoms with E-state index in [1.807, 2.05) is 0 Å². The fraction of sp³-hybridized carbons (Fsp3) is 0.667. The average Bonchev–Trinajstić information content (AvgIpc) is 2.77. The van der Waals surface area contributed by atoms with Gasteiger partial charge in [0.15, 0.2) is 5.96 Å². The Labute approximate surface area is 181 Å². The van der Waals surface area contributed by atoms with Gasteiger partial charge in [-0.3, -0.25) is 4.79 Å². The number of aryl methyl sites for hydroxylation is 1. The van der Waals surface area contributed by atoms with E-state index in [1.165, 1.54) is 43.2 Å². The van der Waals surface area contributed by atoms with E-state index in [0.717, 1.165) is 32.0 Å². The zero-order chi connectivity index (χ0) is 21.3. The summed E-state index contributed by atoms with van der Waals surface area (Å²) in [4.78, 5) is 18.2. The van der Waals surface area contributed by atoms with Crippen molar-refractivity contribution in [3.8, 4) is 0 Å². The summed E-state index contributed by atoms with van der Waals surface area (Å²) in [5.74, 6) is 1.15. The summed E-state index contributed by atoms with van der Waals surface area (Å²) in [5, 5.41) is 7.11. The summed E-state index contributed by atoms with van der Waals surface area (Å²) in [5.41, 5.74) is 2.51. The SMILES string of the molecule is Cc1ccc(C2OCCCC2CNC(=NCC(=O)N(C)C)NC2CCCCC2)cc1. The van der Waals surface area contributed by atoms with Crippen LogP contribution < -0.4 is 10.6 Å². The number of nitrogens with zero attached hydrogens (tertiary/aromatic N) is 2. The fourth-order valence-electron chi connectivity index (χ4n) is 4.29. The normalized spacial score (nSPS) is 23.1. The third-order valence-electron chi connectivity index (χ3n) is 6.20. The first-order valence-electron chi connectivity index (χ1n) is 11.5. The first kappa shape index (κ1) is 22.6. The summed E-state index contributed by atoms with van der Waals surface area (Å²) in [7, 11) is 3.54. The Bertz CT molecular complexity index is 696. The van der Waals surface area contributed by atoms with Gasteiger partial charge in [0.1, 0.15) is 6.54 Å². The molecule has 2 fully saturated rings. The van der Waals surface area contributed by atoms with Gasteiger partial charge in [-0.2, -0.15) is 0 Å². The van der Waals surface area contributed by atoms with Crippen molar-refractivity contribution in [1.29, 1.82) is 0 Å². The van der Waals surface area contributed by atoms with E-state index in [1.54, 1.807) is 19.0 Å². The van der Waals surface area contributed by atoms with Crippen LogP contribution in [0.1, 0.15) is 62.2 Å². The van der Waals surface area contributed by atoms with Gasteiger partial charge in [-0.1, -0.05) is 49.1 Å². The van der Waals surface area contributed by atoms with Crippen molar-refractivity contribution in [2.75, 3.05) is 33.8 Å². The van der Waals surface area contributed by atoms with E-state index < -0.39 is 0 Å². The van der Waals surface area contributed by atoms with Crippen molar-refractivity contribution in [3.63, 3.8) is 0 Å². The van der Waals surface area contributed by atoms with E-state index in [2.05, 4.69) is 46.8 Å². The fourth-order valence-corrected chi connectivity index (χ4v) is 4.29. The summed E-state index contributed by atoms with van der Waals surface area (Å²) in [6.45, 7) is 3.87. The van der Waals surface area contributed by atoms with Gasteiger partial charge in [0, 0.05) is 39.2 Å². The number of hydrogen-bond acceptors (Lipinski definition) is 3. The average molecular weight is 415 g/mol. The van der Waals surface area contributed by atoms with Gasteiger partial charge in [0.05, 0.1) is 6.10 Å². The largest absolute Gasteiger partial charge is 0.373 e. The first-order valence-corrected chi connectivity index (χ1v) is 11.5. The van der Waals surface area contributed by atoms with Gasteiger partial charge in [0.2, 0.25) is 5.91 Å². The van der Waals surface area contributed by atoms with E-state index in [4.69, 9.17) is 4.74 Å². The van der Waals surface area contributed by atoms with Crippen LogP contribution in [0.15, 0.2) is 29.3 Å². The standard InChI is InChI=1S/C24H38N4O2/c1-18-11-13-19(14-12-18)23-20(8-7-15-30-23)16-25-24(26-17-22(29)28(2)3)27-21-9-5-4-6-10-21/h11-14,20-21,23H,4-10,15-17H2,1-3H3,(H2,25,26,27). The molecule has 1 aliphatic carbocycles. The molecule has 0 spiro atoms. The third-order valence-corrected chi connectivity index (χ3v) is 6.20. The van der Waals surface area contributed by atoms with Gasteiger partial charge >= 0.3 is 0 Å². The minimum atomic E-state index is 0.0123. The number of carbonyl (C=O) groups excluding carboxylic acids is 1. The lowest BCUT2D eigenvalue weighted by Gasteiger charge is -2.33. The Morgan fingerprint density at radius 1 is 1.10 bits per heavy atom. The van der Waals surface area contributed by atoms with Crippen molar-refractivity contribution in [3.05, 3.63) is 35.4 Å². The Morgan fingerprint density at radius 2 is 1.83 bits per heavy atom. The van der Waals surface area contributed by atoms with Crippen LogP contribution >= 0.6 is 0 Å². The number of guanidine groups is 1. The predicted molar refractivity (Wildman–Crippen MR) is 122 cm³/mol. The highest BCUT2D eigenvalue weighted by Gasteiger charge is 2.28. The quantitative estimate of drug-likeness (QED) is 0.553. The van der Waals surface area contributed by atoms with Crippen LogP contribution in [0.2, 0.25) is 0 Å². The van der Waals surface area contributed by atoms with Crippen LogP contribution in [0.25, 0.3) is 0 Å². The number of rotatable bonds is 6. The number of aliphatic imine (C=N–C) groups is 1. The van der Waals surface area contributed by atoms with Crippen LogP contribution in [-0.2, 0) is 9.53 Å².